The van der Waals surface area contributed by atoms with Gasteiger partial charge in [0.15, 0.2) is 0 Å². The number of aryl methyl sites for hydroxylation is 2. The minimum atomic E-state index is -3.96. The Balaban J connectivity index is 1.88. The lowest BCUT2D eigenvalue weighted by Gasteiger charge is -2.26. The Morgan fingerprint density at radius 1 is 1.00 bits per heavy atom. The summed E-state index contributed by atoms with van der Waals surface area (Å²) in [7, 11) is -3.96. The highest BCUT2D eigenvalue weighted by Gasteiger charge is 2.29. The van der Waals surface area contributed by atoms with E-state index in [9.17, 15) is 17.6 Å². The van der Waals surface area contributed by atoms with E-state index >= 15 is 0 Å². The van der Waals surface area contributed by atoms with Crippen LogP contribution in [0.15, 0.2) is 41.3 Å². The molecule has 0 radical (unpaired) electrons. The zero-order chi connectivity index (χ0) is 19.6. The van der Waals surface area contributed by atoms with E-state index in [4.69, 9.17) is 0 Å². The molecule has 2 aromatic carbocycles. The number of anilines is 1. The molecule has 1 amide bonds. The highest BCUT2D eigenvalue weighted by atomic mass is 32.2. The lowest BCUT2D eigenvalue weighted by atomic mass is 10.1. The highest BCUT2D eigenvalue weighted by molar-refractivity contribution is 7.89. The second kappa shape index (κ2) is 7.78. The maximum Gasteiger partial charge on any atom is 0.255 e. The van der Waals surface area contributed by atoms with Crippen molar-refractivity contribution in [2.45, 2.75) is 38.0 Å². The minimum absolute atomic E-state index is 0.102. The first-order valence-electron chi connectivity index (χ1n) is 8.97. The highest BCUT2D eigenvalue weighted by Crippen LogP contribution is 2.24. The molecule has 1 aliphatic rings. The first kappa shape index (κ1) is 19.5. The summed E-state index contributed by atoms with van der Waals surface area (Å²) in [6.45, 7) is 4.66. The van der Waals surface area contributed by atoms with Gasteiger partial charge < -0.3 is 5.32 Å². The second-order valence-electron chi connectivity index (χ2n) is 6.86. The standard InChI is InChI=1S/C20H23FN2O3S/c1-14-6-8-17(12-15(14)2)22-20(24)16-7-9-18(21)19(13-16)27(25,26)23-10-4-3-5-11-23/h6-9,12-13H,3-5,10-11H2,1-2H3,(H,22,24). The topological polar surface area (TPSA) is 66.5 Å². The number of hydrogen-bond acceptors (Lipinski definition) is 3. The van der Waals surface area contributed by atoms with Crippen molar-refractivity contribution in [1.29, 1.82) is 0 Å². The van der Waals surface area contributed by atoms with Crippen molar-refractivity contribution >= 4 is 21.6 Å². The Morgan fingerprint density at radius 3 is 2.37 bits per heavy atom. The van der Waals surface area contributed by atoms with E-state index in [0.29, 0.717) is 18.8 Å². The van der Waals surface area contributed by atoms with Crippen LogP contribution in [0, 0.1) is 19.7 Å². The molecule has 144 valence electrons. The summed E-state index contributed by atoms with van der Waals surface area (Å²) in [4.78, 5) is 12.1. The number of nitrogens with one attached hydrogen (secondary N) is 1. The number of hydrogen-bond donors (Lipinski definition) is 1. The molecule has 1 heterocycles. The van der Waals surface area contributed by atoms with E-state index in [-0.39, 0.29) is 5.56 Å². The molecule has 0 aromatic heterocycles. The van der Waals surface area contributed by atoms with Crippen molar-refractivity contribution in [3.63, 3.8) is 0 Å². The summed E-state index contributed by atoms with van der Waals surface area (Å²) < 4.78 is 41.1. The summed E-state index contributed by atoms with van der Waals surface area (Å²) in [6.07, 6.45) is 2.48. The average Bonchev–Trinajstić information content (AvgIpc) is 2.65. The molecular formula is C20H23FN2O3S. The van der Waals surface area contributed by atoms with Gasteiger partial charge in [0.25, 0.3) is 5.91 Å². The van der Waals surface area contributed by atoms with E-state index < -0.39 is 26.6 Å². The lowest BCUT2D eigenvalue weighted by molar-refractivity contribution is 0.102. The van der Waals surface area contributed by atoms with Crippen LogP contribution in [-0.2, 0) is 10.0 Å². The minimum Gasteiger partial charge on any atom is -0.322 e. The molecular weight excluding hydrogens is 367 g/mol. The van der Waals surface area contributed by atoms with Crippen molar-refractivity contribution < 1.29 is 17.6 Å². The van der Waals surface area contributed by atoms with Gasteiger partial charge in [0, 0.05) is 24.3 Å². The van der Waals surface area contributed by atoms with E-state index in [0.717, 1.165) is 42.5 Å². The Hall–Kier alpha value is -2.25. The van der Waals surface area contributed by atoms with Crippen molar-refractivity contribution in [3.05, 3.63) is 58.9 Å². The Bertz CT molecular complexity index is 967. The van der Waals surface area contributed by atoms with Gasteiger partial charge in [-0.15, -0.1) is 0 Å². The number of rotatable bonds is 4. The molecule has 1 aliphatic heterocycles. The number of nitrogens with zero attached hydrogens (tertiary/aromatic N) is 1. The van der Waals surface area contributed by atoms with Gasteiger partial charge in [-0.25, -0.2) is 12.8 Å². The third kappa shape index (κ3) is 4.20. The van der Waals surface area contributed by atoms with Gasteiger partial charge in [-0.2, -0.15) is 4.31 Å². The second-order valence-corrected chi connectivity index (χ2v) is 8.77. The van der Waals surface area contributed by atoms with Crippen LogP contribution in [0.2, 0.25) is 0 Å². The van der Waals surface area contributed by atoms with Crippen LogP contribution in [0.25, 0.3) is 0 Å². The quantitative estimate of drug-likeness (QED) is 0.862. The van der Waals surface area contributed by atoms with Crippen LogP contribution in [0.4, 0.5) is 10.1 Å². The summed E-state index contributed by atoms with van der Waals surface area (Å²) >= 11 is 0. The van der Waals surface area contributed by atoms with Gasteiger partial charge in [0.2, 0.25) is 10.0 Å². The first-order chi connectivity index (χ1) is 12.8. The zero-order valence-electron chi connectivity index (χ0n) is 15.5. The molecule has 1 N–H and O–H groups in total. The summed E-state index contributed by atoms with van der Waals surface area (Å²) in [5.41, 5.74) is 2.84. The monoisotopic (exact) mass is 390 g/mol. The molecule has 0 saturated carbocycles. The van der Waals surface area contributed by atoms with Gasteiger partial charge in [-0.1, -0.05) is 12.5 Å². The van der Waals surface area contributed by atoms with E-state index in [1.165, 1.54) is 10.4 Å². The van der Waals surface area contributed by atoms with Gasteiger partial charge in [-0.3, -0.25) is 4.79 Å². The largest absolute Gasteiger partial charge is 0.322 e. The Kier molecular flexibility index (Phi) is 5.62. The van der Waals surface area contributed by atoms with Crippen LogP contribution in [0.3, 0.4) is 0 Å². The van der Waals surface area contributed by atoms with Crippen molar-refractivity contribution in [1.82, 2.24) is 4.31 Å². The van der Waals surface area contributed by atoms with Crippen LogP contribution in [0.5, 0.6) is 0 Å². The number of piperidine rings is 1. The van der Waals surface area contributed by atoms with Crippen LogP contribution in [-0.4, -0.2) is 31.7 Å². The molecule has 0 bridgehead atoms. The van der Waals surface area contributed by atoms with Gasteiger partial charge in [0.05, 0.1) is 0 Å². The number of carbonyl (C=O) groups is 1. The number of sulfonamides is 1. The van der Waals surface area contributed by atoms with Crippen LogP contribution >= 0.6 is 0 Å². The number of carbonyl (C=O) groups excluding carboxylic acids is 1. The van der Waals surface area contributed by atoms with E-state index in [1.54, 1.807) is 6.07 Å². The third-order valence-electron chi connectivity index (χ3n) is 4.89. The predicted molar refractivity (Wildman–Crippen MR) is 103 cm³/mol. The van der Waals surface area contributed by atoms with Gasteiger partial charge in [0.1, 0.15) is 10.7 Å². The maximum absolute atomic E-state index is 14.3. The first-order valence-corrected chi connectivity index (χ1v) is 10.4. The Morgan fingerprint density at radius 2 is 1.70 bits per heavy atom. The van der Waals surface area contributed by atoms with Gasteiger partial charge in [-0.05, 0) is 68.1 Å². The molecule has 0 unspecified atom stereocenters. The SMILES string of the molecule is Cc1ccc(NC(=O)c2ccc(F)c(S(=O)(=O)N3CCCCC3)c2)cc1C. The average molecular weight is 390 g/mol. The van der Waals surface area contributed by atoms with Crippen molar-refractivity contribution in [2.75, 3.05) is 18.4 Å². The van der Waals surface area contributed by atoms with Crippen LogP contribution in [0.1, 0.15) is 40.7 Å². The normalized spacial score (nSPS) is 15.5. The molecule has 1 saturated heterocycles. The molecule has 1 fully saturated rings. The van der Waals surface area contributed by atoms with Gasteiger partial charge >= 0.3 is 0 Å². The fraction of sp³-hybridized carbons (Fsp3) is 0.350. The molecule has 0 atom stereocenters. The van der Waals surface area contributed by atoms with Crippen molar-refractivity contribution in [2.24, 2.45) is 0 Å². The molecule has 3 rings (SSSR count). The fourth-order valence-corrected chi connectivity index (χ4v) is 4.72. The summed E-state index contributed by atoms with van der Waals surface area (Å²) in [6, 6.07) is 8.95. The number of amides is 1. The number of benzene rings is 2. The Labute approximate surface area is 159 Å². The lowest BCUT2D eigenvalue weighted by Crippen LogP contribution is -2.36. The third-order valence-corrected chi connectivity index (χ3v) is 6.80. The van der Waals surface area contributed by atoms with Crippen molar-refractivity contribution in [3.8, 4) is 0 Å². The molecule has 5 nitrogen and oxygen atoms in total. The summed E-state index contributed by atoms with van der Waals surface area (Å²) in [5, 5.41) is 2.73. The summed E-state index contributed by atoms with van der Waals surface area (Å²) in [5.74, 6) is -1.32. The smallest absolute Gasteiger partial charge is 0.255 e. The zero-order valence-corrected chi connectivity index (χ0v) is 16.3. The molecule has 7 heteroatoms. The predicted octanol–water partition coefficient (Wildman–Crippen LogP) is 3.87. The molecule has 0 aliphatic carbocycles. The van der Waals surface area contributed by atoms with E-state index in [1.807, 2.05) is 26.0 Å². The fourth-order valence-electron chi connectivity index (χ4n) is 3.11. The molecule has 0 spiro atoms. The van der Waals surface area contributed by atoms with E-state index in [2.05, 4.69) is 5.32 Å². The molecule has 27 heavy (non-hydrogen) atoms. The van der Waals surface area contributed by atoms with Crippen LogP contribution < -0.4 is 5.32 Å². The maximum atomic E-state index is 14.3. The molecule has 2 aromatic rings. The number of halogens is 1.